The van der Waals surface area contributed by atoms with Gasteiger partial charge in [0.1, 0.15) is 11.3 Å². The van der Waals surface area contributed by atoms with Crippen molar-refractivity contribution in [3.63, 3.8) is 0 Å². The third-order valence-corrected chi connectivity index (χ3v) is 4.22. The minimum atomic E-state index is -0.305. The fourth-order valence-electron chi connectivity index (χ4n) is 2.88. The van der Waals surface area contributed by atoms with Gasteiger partial charge in [0.15, 0.2) is 11.4 Å². The summed E-state index contributed by atoms with van der Waals surface area (Å²) in [4.78, 5) is 4.50. The molecule has 7 heteroatoms. The summed E-state index contributed by atoms with van der Waals surface area (Å²) in [6, 6.07) is 21.2. The van der Waals surface area contributed by atoms with Crippen LogP contribution < -0.4 is 0 Å². The minimum Gasteiger partial charge on any atom is -0.436 e. The summed E-state index contributed by atoms with van der Waals surface area (Å²) in [7, 11) is 0. The lowest BCUT2D eigenvalue weighted by Gasteiger charge is -2.05. The first-order chi connectivity index (χ1) is 13.3. The Hall–Kier alpha value is -3.87. The SMILES string of the molecule is Fc1ccc(-c2nnnn2-c2ccc(-c3nc4ccccc4o3)cc2)cc1. The highest BCUT2D eigenvalue weighted by Gasteiger charge is 2.12. The quantitative estimate of drug-likeness (QED) is 0.482. The van der Waals surface area contributed by atoms with E-state index >= 15 is 0 Å². The van der Waals surface area contributed by atoms with Crippen molar-refractivity contribution in [2.75, 3.05) is 0 Å². The normalized spacial score (nSPS) is 11.1. The molecule has 0 saturated heterocycles. The summed E-state index contributed by atoms with van der Waals surface area (Å²) in [6.07, 6.45) is 0. The molecule has 27 heavy (non-hydrogen) atoms. The first kappa shape index (κ1) is 15.4. The fraction of sp³-hybridized carbons (Fsp3) is 0. The van der Waals surface area contributed by atoms with E-state index in [2.05, 4.69) is 20.5 Å². The lowest BCUT2D eigenvalue weighted by molar-refractivity contribution is 0.620. The van der Waals surface area contributed by atoms with Gasteiger partial charge in [-0.1, -0.05) is 12.1 Å². The number of fused-ring (bicyclic) bond motifs is 1. The molecule has 2 heterocycles. The lowest BCUT2D eigenvalue weighted by atomic mass is 10.2. The molecule has 0 saturated carbocycles. The molecule has 0 amide bonds. The lowest BCUT2D eigenvalue weighted by Crippen LogP contribution is -1.99. The maximum absolute atomic E-state index is 13.2. The zero-order valence-corrected chi connectivity index (χ0v) is 14.0. The highest BCUT2D eigenvalue weighted by atomic mass is 19.1. The van der Waals surface area contributed by atoms with Gasteiger partial charge in [-0.25, -0.2) is 9.37 Å². The van der Waals surface area contributed by atoms with Crippen molar-refractivity contribution < 1.29 is 8.81 Å². The van der Waals surface area contributed by atoms with E-state index in [-0.39, 0.29) is 5.82 Å². The van der Waals surface area contributed by atoms with E-state index in [1.165, 1.54) is 12.1 Å². The molecule has 0 atom stereocenters. The molecule has 130 valence electrons. The molecule has 2 aromatic heterocycles. The Balaban J connectivity index is 1.51. The van der Waals surface area contributed by atoms with Crippen LogP contribution in [0.2, 0.25) is 0 Å². The number of hydrogen-bond donors (Lipinski definition) is 0. The second-order valence-corrected chi connectivity index (χ2v) is 5.95. The molecule has 0 aliphatic rings. The van der Waals surface area contributed by atoms with Crippen molar-refractivity contribution in [1.29, 1.82) is 0 Å². The topological polar surface area (TPSA) is 69.6 Å². The van der Waals surface area contributed by atoms with Crippen LogP contribution in [0.5, 0.6) is 0 Å². The van der Waals surface area contributed by atoms with E-state index < -0.39 is 0 Å². The molecule has 0 spiro atoms. The molecular weight excluding hydrogens is 345 g/mol. The van der Waals surface area contributed by atoms with E-state index in [0.717, 1.165) is 27.9 Å². The Morgan fingerprint density at radius 1 is 0.815 bits per heavy atom. The van der Waals surface area contributed by atoms with Crippen LogP contribution in [-0.2, 0) is 0 Å². The molecule has 0 bridgehead atoms. The third-order valence-electron chi connectivity index (χ3n) is 4.22. The van der Waals surface area contributed by atoms with Gasteiger partial charge in [-0.2, -0.15) is 4.68 Å². The highest BCUT2D eigenvalue weighted by molar-refractivity contribution is 5.76. The van der Waals surface area contributed by atoms with Crippen LogP contribution in [0.25, 0.3) is 39.6 Å². The van der Waals surface area contributed by atoms with Gasteiger partial charge in [-0.3, -0.25) is 0 Å². The summed E-state index contributed by atoms with van der Waals surface area (Å²) >= 11 is 0. The molecule has 0 radical (unpaired) electrons. The van der Waals surface area contributed by atoms with Gasteiger partial charge in [0, 0.05) is 11.1 Å². The standard InChI is InChI=1S/C20H12FN5O/c21-15-9-5-13(6-10-15)19-23-24-25-26(19)16-11-7-14(8-12-16)20-22-17-3-1-2-4-18(17)27-20/h1-12H. The summed E-state index contributed by atoms with van der Waals surface area (Å²) in [5, 5.41) is 11.8. The number of aromatic nitrogens is 5. The van der Waals surface area contributed by atoms with Crippen LogP contribution in [0.15, 0.2) is 77.2 Å². The fourth-order valence-corrected chi connectivity index (χ4v) is 2.88. The van der Waals surface area contributed by atoms with Gasteiger partial charge < -0.3 is 4.42 Å². The Kier molecular flexibility index (Phi) is 3.50. The minimum absolute atomic E-state index is 0.305. The third kappa shape index (κ3) is 2.75. The number of benzene rings is 3. The molecule has 0 unspecified atom stereocenters. The van der Waals surface area contributed by atoms with Crippen molar-refractivity contribution in [2.24, 2.45) is 0 Å². The molecule has 3 aromatic carbocycles. The second kappa shape index (κ2) is 6.14. The summed E-state index contributed by atoms with van der Waals surface area (Å²) in [6.45, 7) is 0. The summed E-state index contributed by atoms with van der Waals surface area (Å²) in [5.41, 5.74) is 3.92. The number of halogens is 1. The van der Waals surface area contributed by atoms with E-state index in [0.29, 0.717) is 11.7 Å². The van der Waals surface area contributed by atoms with Crippen molar-refractivity contribution in [3.8, 4) is 28.5 Å². The summed E-state index contributed by atoms with van der Waals surface area (Å²) < 4.78 is 20.6. The molecule has 0 N–H and O–H groups in total. The van der Waals surface area contributed by atoms with E-state index in [9.17, 15) is 4.39 Å². The first-order valence-electron chi connectivity index (χ1n) is 8.29. The monoisotopic (exact) mass is 357 g/mol. The van der Waals surface area contributed by atoms with Crippen molar-refractivity contribution in [3.05, 3.63) is 78.6 Å². The van der Waals surface area contributed by atoms with Crippen molar-refractivity contribution in [2.45, 2.75) is 0 Å². The van der Waals surface area contributed by atoms with Crippen LogP contribution in [0, 0.1) is 5.82 Å². The average Bonchev–Trinajstić information content (AvgIpc) is 3.36. The number of hydrogen-bond acceptors (Lipinski definition) is 5. The van der Waals surface area contributed by atoms with Gasteiger partial charge in [-0.15, -0.1) is 5.10 Å². The van der Waals surface area contributed by atoms with Crippen LogP contribution in [-0.4, -0.2) is 25.2 Å². The maximum atomic E-state index is 13.2. The van der Waals surface area contributed by atoms with Gasteiger partial charge in [-0.05, 0) is 71.1 Å². The smallest absolute Gasteiger partial charge is 0.227 e. The largest absolute Gasteiger partial charge is 0.436 e. The van der Waals surface area contributed by atoms with Crippen LogP contribution in [0.1, 0.15) is 0 Å². The molecule has 5 aromatic rings. The Morgan fingerprint density at radius 2 is 1.56 bits per heavy atom. The van der Waals surface area contributed by atoms with Gasteiger partial charge in [0.25, 0.3) is 0 Å². The zero-order valence-electron chi connectivity index (χ0n) is 14.0. The number of nitrogens with zero attached hydrogens (tertiary/aromatic N) is 5. The van der Waals surface area contributed by atoms with E-state index in [4.69, 9.17) is 4.42 Å². The van der Waals surface area contributed by atoms with Crippen molar-refractivity contribution in [1.82, 2.24) is 25.2 Å². The van der Waals surface area contributed by atoms with E-state index in [1.54, 1.807) is 16.8 Å². The average molecular weight is 357 g/mol. The Morgan fingerprint density at radius 3 is 2.33 bits per heavy atom. The van der Waals surface area contributed by atoms with Crippen LogP contribution in [0.3, 0.4) is 0 Å². The predicted molar refractivity (Wildman–Crippen MR) is 97.6 cm³/mol. The Labute approximate surface area is 152 Å². The van der Waals surface area contributed by atoms with Gasteiger partial charge in [0.05, 0.1) is 5.69 Å². The number of rotatable bonds is 3. The molecule has 5 rings (SSSR count). The second-order valence-electron chi connectivity index (χ2n) is 5.95. The molecule has 0 aliphatic carbocycles. The maximum Gasteiger partial charge on any atom is 0.227 e. The summed E-state index contributed by atoms with van der Waals surface area (Å²) in [5.74, 6) is 0.781. The van der Waals surface area contributed by atoms with E-state index in [1.807, 2.05) is 48.5 Å². The Bertz CT molecular complexity index is 1190. The van der Waals surface area contributed by atoms with Crippen LogP contribution in [0.4, 0.5) is 4.39 Å². The molecule has 6 nitrogen and oxygen atoms in total. The highest BCUT2D eigenvalue weighted by Crippen LogP contribution is 2.26. The van der Waals surface area contributed by atoms with Crippen molar-refractivity contribution >= 4 is 11.1 Å². The van der Waals surface area contributed by atoms with Crippen LogP contribution >= 0.6 is 0 Å². The molecule has 0 aliphatic heterocycles. The number of oxazole rings is 1. The molecular formula is C20H12FN5O. The van der Waals surface area contributed by atoms with Gasteiger partial charge in [0.2, 0.25) is 5.89 Å². The number of para-hydroxylation sites is 2. The molecule has 0 fully saturated rings. The predicted octanol–water partition coefficient (Wildman–Crippen LogP) is 4.28. The zero-order chi connectivity index (χ0) is 18.2. The first-order valence-corrected chi connectivity index (χ1v) is 8.29. The van der Waals surface area contributed by atoms with Gasteiger partial charge >= 0.3 is 0 Å². The number of tetrazole rings is 1.